The van der Waals surface area contributed by atoms with Gasteiger partial charge in [0.05, 0.1) is 6.42 Å². The van der Waals surface area contributed by atoms with Crippen LogP contribution in [-0.2, 0) is 4.79 Å². The van der Waals surface area contributed by atoms with Gasteiger partial charge in [0.2, 0.25) is 0 Å². The van der Waals surface area contributed by atoms with Crippen molar-refractivity contribution in [3.8, 4) is 0 Å². The summed E-state index contributed by atoms with van der Waals surface area (Å²) in [5, 5.41) is 8.61. The quantitative estimate of drug-likeness (QED) is 0.641. The minimum Gasteiger partial charge on any atom is -0.481 e. The van der Waals surface area contributed by atoms with Gasteiger partial charge in [-0.3, -0.25) is 9.69 Å². The Labute approximate surface area is 72.7 Å². The SMILES string of the molecule is C=CCN1CCCC1CC(=O)O. The van der Waals surface area contributed by atoms with Gasteiger partial charge in [0.15, 0.2) is 0 Å². The molecule has 12 heavy (non-hydrogen) atoms. The van der Waals surface area contributed by atoms with Crippen LogP contribution in [0.2, 0.25) is 0 Å². The third-order valence-corrected chi connectivity index (χ3v) is 2.27. The van der Waals surface area contributed by atoms with Gasteiger partial charge in [0.25, 0.3) is 0 Å². The molecule has 1 saturated heterocycles. The van der Waals surface area contributed by atoms with Gasteiger partial charge in [-0.15, -0.1) is 6.58 Å². The van der Waals surface area contributed by atoms with Gasteiger partial charge in [-0.2, -0.15) is 0 Å². The first kappa shape index (κ1) is 9.26. The van der Waals surface area contributed by atoms with E-state index in [1.807, 2.05) is 6.08 Å². The third kappa shape index (κ3) is 2.34. The summed E-state index contributed by atoms with van der Waals surface area (Å²) >= 11 is 0. The molecule has 0 saturated carbocycles. The first-order valence-electron chi connectivity index (χ1n) is 4.30. The Morgan fingerprint density at radius 3 is 3.08 bits per heavy atom. The highest BCUT2D eigenvalue weighted by molar-refractivity contribution is 5.67. The van der Waals surface area contributed by atoms with Crippen molar-refractivity contribution in [3.63, 3.8) is 0 Å². The molecule has 1 rings (SSSR count). The highest BCUT2D eigenvalue weighted by Gasteiger charge is 2.24. The van der Waals surface area contributed by atoms with Crippen molar-refractivity contribution in [2.24, 2.45) is 0 Å². The average molecular weight is 169 g/mol. The molecule has 0 aromatic rings. The van der Waals surface area contributed by atoms with Crippen LogP contribution in [0.15, 0.2) is 12.7 Å². The summed E-state index contributed by atoms with van der Waals surface area (Å²) in [5.41, 5.74) is 0. The molecular weight excluding hydrogens is 154 g/mol. The lowest BCUT2D eigenvalue weighted by Gasteiger charge is -2.20. The summed E-state index contributed by atoms with van der Waals surface area (Å²) in [7, 11) is 0. The second-order valence-corrected chi connectivity index (χ2v) is 3.18. The Morgan fingerprint density at radius 1 is 1.75 bits per heavy atom. The van der Waals surface area contributed by atoms with Crippen molar-refractivity contribution in [1.82, 2.24) is 4.90 Å². The molecule has 0 radical (unpaired) electrons. The molecule has 0 aromatic heterocycles. The van der Waals surface area contributed by atoms with Crippen LogP contribution < -0.4 is 0 Å². The Morgan fingerprint density at radius 2 is 2.50 bits per heavy atom. The molecule has 0 amide bonds. The van der Waals surface area contributed by atoms with Gasteiger partial charge in [-0.05, 0) is 19.4 Å². The molecule has 0 spiro atoms. The van der Waals surface area contributed by atoms with E-state index in [2.05, 4.69) is 11.5 Å². The minimum atomic E-state index is -0.698. The Hall–Kier alpha value is -0.830. The van der Waals surface area contributed by atoms with E-state index in [0.29, 0.717) is 0 Å². The minimum absolute atomic E-state index is 0.237. The van der Waals surface area contributed by atoms with Crippen molar-refractivity contribution in [1.29, 1.82) is 0 Å². The predicted molar refractivity (Wildman–Crippen MR) is 47.0 cm³/mol. The number of nitrogens with zero attached hydrogens (tertiary/aromatic N) is 1. The summed E-state index contributed by atoms with van der Waals surface area (Å²) in [6.07, 6.45) is 4.24. The van der Waals surface area contributed by atoms with E-state index in [1.165, 1.54) is 0 Å². The number of carboxylic acids is 1. The molecule has 68 valence electrons. The van der Waals surface area contributed by atoms with Crippen LogP contribution in [0.1, 0.15) is 19.3 Å². The Bertz CT molecular complexity index is 179. The van der Waals surface area contributed by atoms with Crippen LogP contribution in [0.5, 0.6) is 0 Å². The van der Waals surface area contributed by atoms with Crippen molar-refractivity contribution >= 4 is 5.97 Å². The fraction of sp³-hybridized carbons (Fsp3) is 0.667. The monoisotopic (exact) mass is 169 g/mol. The molecule has 3 nitrogen and oxygen atoms in total. The normalized spacial score (nSPS) is 24.2. The number of hydrogen-bond acceptors (Lipinski definition) is 2. The van der Waals surface area contributed by atoms with Gasteiger partial charge >= 0.3 is 5.97 Å². The van der Waals surface area contributed by atoms with Crippen LogP contribution in [0.4, 0.5) is 0 Å². The summed E-state index contributed by atoms with van der Waals surface area (Å²) in [6.45, 7) is 5.48. The lowest BCUT2D eigenvalue weighted by atomic mass is 10.1. The molecule has 1 unspecified atom stereocenters. The number of likely N-dealkylation sites (tertiary alicyclic amines) is 1. The fourth-order valence-electron chi connectivity index (χ4n) is 1.73. The maximum Gasteiger partial charge on any atom is 0.304 e. The molecule has 0 aliphatic carbocycles. The molecule has 1 atom stereocenters. The maximum atomic E-state index is 10.5. The topological polar surface area (TPSA) is 40.5 Å². The van der Waals surface area contributed by atoms with Gasteiger partial charge in [-0.25, -0.2) is 0 Å². The molecule has 1 aliphatic heterocycles. The zero-order valence-corrected chi connectivity index (χ0v) is 7.20. The average Bonchev–Trinajstić information content (AvgIpc) is 2.37. The van der Waals surface area contributed by atoms with E-state index >= 15 is 0 Å². The van der Waals surface area contributed by atoms with E-state index in [-0.39, 0.29) is 12.5 Å². The summed E-state index contributed by atoms with van der Waals surface area (Å²) in [5.74, 6) is -0.698. The van der Waals surface area contributed by atoms with E-state index in [1.54, 1.807) is 0 Å². The number of aliphatic carboxylic acids is 1. The molecule has 0 bridgehead atoms. The zero-order valence-electron chi connectivity index (χ0n) is 7.20. The number of carboxylic acid groups (broad SMARTS) is 1. The van der Waals surface area contributed by atoms with Crippen molar-refractivity contribution in [2.45, 2.75) is 25.3 Å². The van der Waals surface area contributed by atoms with Gasteiger partial charge < -0.3 is 5.11 Å². The van der Waals surface area contributed by atoms with Crippen LogP contribution in [0, 0.1) is 0 Å². The van der Waals surface area contributed by atoms with Gasteiger partial charge in [-0.1, -0.05) is 6.08 Å². The van der Waals surface area contributed by atoms with E-state index in [9.17, 15) is 4.79 Å². The standard InChI is InChI=1S/C9H15NO2/c1-2-5-10-6-3-4-8(10)7-9(11)12/h2,8H,1,3-7H2,(H,11,12). The highest BCUT2D eigenvalue weighted by atomic mass is 16.4. The summed E-state index contributed by atoms with van der Waals surface area (Å²) in [6, 6.07) is 0.237. The first-order valence-corrected chi connectivity index (χ1v) is 4.30. The largest absolute Gasteiger partial charge is 0.481 e. The predicted octanol–water partition coefficient (Wildman–Crippen LogP) is 1.11. The fourth-order valence-corrected chi connectivity index (χ4v) is 1.73. The van der Waals surface area contributed by atoms with E-state index in [4.69, 9.17) is 5.11 Å². The summed E-state index contributed by atoms with van der Waals surface area (Å²) < 4.78 is 0. The molecular formula is C9H15NO2. The summed E-state index contributed by atoms with van der Waals surface area (Å²) in [4.78, 5) is 12.6. The lowest BCUT2D eigenvalue weighted by Crippen LogP contribution is -2.31. The second kappa shape index (κ2) is 4.26. The Balaban J connectivity index is 2.40. The molecule has 1 N–H and O–H groups in total. The van der Waals surface area contributed by atoms with Crippen LogP contribution in [-0.4, -0.2) is 35.1 Å². The van der Waals surface area contributed by atoms with Crippen molar-refractivity contribution in [3.05, 3.63) is 12.7 Å². The second-order valence-electron chi connectivity index (χ2n) is 3.18. The van der Waals surface area contributed by atoms with E-state index in [0.717, 1.165) is 25.9 Å². The van der Waals surface area contributed by atoms with Crippen LogP contribution >= 0.6 is 0 Å². The van der Waals surface area contributed by atoms with Crippen LogP contribution in [0.25, 0.3) is 0 Å². The van der Waals surface area contributed by atoms with Crippen LogP contribution in [0.3, 0.4) is 0 Å². The highest BCUT2D eigenvalue weighted by Crippen LogP contribution is 2.19. The maximum absolute atomic E-state index is 10.5. The lowest BCUT2D eigenvalue weighted by molar-refractivity contribution is -0.138. The first-order chi connectivity index (χ1) is 5.74. The molecule has 1 aliphatic rings. The smallest absolute Gasteiger partial charge is 0.304 e. The number of carbonyl (C=O) groups is 1. The molecule has 3 heteroatoms. The van der Waals surface area contributed by atoms with Crippen molar-refractivity contribution in [2.75, 3.05) is 13.1 Å². The third-order valence-electron chi connectivity index (χ3n) is 2.27. The number of hydrogen-bond donors (Lipinski definition) is 1. The molecule has 1 fully saturated rings. The van der Waals surface area contributed by atoms with Gasteiger partial charge in [0, 0.05) is 12.6 Å². The Kier molecular flexibility index (Phi) is 3.29. The molecule has 1 heterocycles. The van der Waals surface area contributed by atoms with E-state index < -0.39 is 5.97 Å². The number of rotatable bonds is 4. The zero-order chi connectivity index (χ0) is 8.97. The molecule has 0 aromatic carbocycles. The van der Waals surface area contributed by atoms with Crippen molar-refractivity contribution < 1.29 is 9.90 Å². The van der Waals surface area contributed by atoms with Gasteiger partial charge in [0.1, 0.15) is 0 Å².